The van der Waals surface area contributed by atoms with Gasteiger partial charge < -0.3 is 0 Å². The first-order valence-corrected chi connectivity index (χ1v) is 3.76. The molecule has 0 amide bonds. The highest BCUT2D eigenvalue weighted by Gasteiger charge is 1.97. The van der Waals surface area contributed by atoms with Crippen molar-refractivity contribution in [2.75, 3.05) is 0 Å². The molecule has 1 aromatic heterocycles. The van der Waals surface area contributed by atoms with Gasteiger partial charge in [0.25, 0.3) is 0 Å². The number of aryl methyl sites for hydroxylation is 1. The van der Waals surface area contributed by atoms with Crippen molar-refractivity contribution in [2.24, 2.45) is 0 Å². The van der Waals surface area contributed by atoms with E-state index in [-0.39, 0.29) is 0 Å². The summed E-state index contributed by atoms with van der Waals surface area (Å²) in [6, 6.07) is 0. The van der Waals surface area contributed by atoms with E-state index in [0.717, 1.165) is 11.4 Å². The lowest BCUT2D eigenvalue weighted by Gasteiger charge is -1.89. The first-order valence-electron chi connectivity index (χ1n) is 3.76. The summed E-state index contributed by atoms with van der Waals surface area (Å²) in [7, 11) is 0. The summed E-state index contributed by atoms with van der Waals surface area (Å²) in [5.41, 5.74) is 2.00. The van der Waals surface area contributed by atoms with E-state index in [1.807, 2.05) is 27.7 Å². The number of rotatable bonds is 1. The highest BCUT2D eigenvalue weighted by atomic mass is 15.4. The largest absolute Gasteiger partial charge is 0.225 e. The SMILES string of the molecule is C=Cn1nnc(C)c1C.CC. The average Bonchev–Trinajstić information content (AvgIpc) is 2.37. The van der Waals surface area contributed by atoms with E-state index in [9.17, 15) is 0 Å². The fourth-order valence-electron chi connectivity index (χ4n) is 0.594. The second kappa shape index (κ2) is 4.66. The molecule has 0 aliphatic carbocycles. The molecule has 0 N–H and O–H groups in total. The maximum Gasteiger partial charge on any atom is 0.0829 e. The maximum absolute atomic E-state index is 3.83. The zero-order chi connectivity index (χ0) is 8.85. The Labute approximate surface area is 67.7 Å². The number of aromatic nitrogens is 3. The molecular weight excluding hydrogens is 138 g/mol. The summed E-state index contributed by atoms with van der Waals surface area (Å²) in [5, 5.41) is 7.61. The quantitative estimate of drug-likeness (QED) is 0.618. The Morgan fingerprint density at radius 3 is 2.09 bits per heavy atom. The summed E-state index contributed by atoms with van der Waals surface area (Å²) in [6.07, 6.45) is 1.63. The molecule has 11 heavy (non-hydrogen) atoms. The summed E-state index contributed by atoms with van der Waals surface area (Å²) in [6.45, 7) is 11.4. The van der Waals surface area contributed by atoms with Crippen LogP contribution in [0.1, 0.15) is 25.2 Å². The number of nitrogens with zero attached hydrogens (tertiary/aromatic N) is 3. The van der Waals surface area contributed by atoms with Gasteiger partial charge in [0.05, 0.1) is 11.4 Å². The van der Waals surface area contributed by atoms with Crippen molar-refractivity contribution in [2.45, 2.75) is 27.7 Å². The van der Waals surface area contributed by atoms with Crippen LogP contribution < -0.4 is 0 Å². The number of hydrogen-bond acceptors (Lipinski definition) is 2. The molecule has 0 fully saturated rings. The maximum atomic E-state index is 3.83. The molecule has 0 spiro atoms. The molecule has 0 bridgehead atoms. The third-order valence-corrected chi connectivity index (χ3v) is 1.33. The molecule has 1 aromatic rings. The minimum absolute atomic E-state index is 0.954. The van der Waals surface area contributed by atoms with Gasteiger partial charge in [0.15, 0.2) is 0 Å². The highest BCUT2D eigenvalue weighted by Crippen LogP contribution is 1.99. The molecule has 1 heterocycles. The van der Waals surface area contributed by atoms with Gasteiger partial charge in [-0.05, 0) is 13.8 Å². The highest BCUT2D eigenvalue weighted by molar-refractivity contribution is 5.20. The van der Waals surface area contributed by atoms with Gasteiger partial charge in [-0.1, -0.05) is 25.6 Å². The Hall–Kier alpha value is -1.12. The second-order valence-electron chi connectivity index (χ2n) is 1.89. The first kappa shape index (κ1) is 9.88. The van der Waals surface area contributed by atoms with Gasteiger partial charge in [-0.25, -0.2) is 4.68 Å². The lowest BCUT2D eigenvalue weighted by molar-refractivity contribution is 0.822. The van der Waals surface area contributed by atoms with Crippen LogP contribution in [0.25, 0.3) is 6.20 Å². The Morgan fingerprint density at radius 2 is 1.91 bits per heavy atom. The predicted molar refractivity (Wildman–Crippen MR) is 47.2 cm³/mol. The van der Waals surface area contributed by atoms with Crippen LogP contribution in [0.15, 0.2) is 6.58 Å². The van der Waals surface area contributed by atoms with Gasteiger partial charge in [0.1, 0.15) is 0 Å². The molecule has 62 valence electrons. The van der Waals surface area contributed by atoms with Crippen LogP contribution in [-0.2, 0) is 0 Å². The molecule has 3 heteroatoms. The zero-order valence-electron chi connectivity index (χ0n) is 7.63. The first-order chi connectivity index (χ1) is 5.25. The standard InChI is InChI=1S/C6H9N3.C2H6/c1-4-9-6(3)5(2)7-8-9;1-2/h4H,1H2,2-3H3;1-2H3. The van der Waals surface area contributed by atoms with Crippen molar-refractivity contribution in [1.29, 1.82) is 0 Å². The Balaban J connectivity index is 0.000000461. The Kier molecular flexibility index (Phi) is 4.18. The summed E-state index contributed by atoms with van der Waals surface area (Å²) in [4.78, 5) is 0. The van der Waals surface area contributed by atoms with Crippen molar-refractivity contribution in [3.05, 3.63) is 18.0 Å². The molecule has 1 rings (SSSR count). The van der Waals surface area contributed by atoms with Crippen LogP contribution in [0.3, 0.4) is 0 Å². The van der Waals surface area contributed by atoms with Gasteiger partial charge in [0, 0.05) is 6.20 Å². The molecule has 0 aliphatic heterocycles. The van der Waals surface area contributed by atoms with E-state index < -0.39 is 0 Å². The fraction of sp³-hybridized carbons (Fsp3) is 0.500. The zero-order valence-corrected chi connectivity index (χ0v) is 7.63. The van der Waals surface area contributed by atoms with Crippen molar-refractivity contribution >= 4 is 6.20 Å². The van der Waals surface area contributed by atoms with E-state index in [1.165, 1.54) is 0 Å². The molecular formula is C8H15N3. The van der Waals surface area contributed by atoms with Crippen molar-refractivity contribution < 1.29 is 0 Å². The number of hydrogen-bond donors (Lipinski definition) is 0. The Bertz CT molecular complexity index is 225. The van der Waals surface area contributed by atoms with Gasteiger partial charge in [-0.2, -0.15) is 0 Å². The third-order valence-electron chi connectivity index (χ3n) is 1.33. The third kappa shape index (κ3) is 2.18. The molecule has 0 unspecified atom stereocenters. The Morgan fingerprint density at radius 1 is 1.36 bits per heavy atom. The van der Waals surface area contributed by atoms with Gasteiger partial charge in [-0.15, -0.1) is 5.10 Å². The molecule has 0 saturated carbocycles. The topological polar surface area (TPSA) is 30.7 Å². The normalized spacial score (nSPS) is 8.36. The van der Waals surface area contributed by atoms with E-state index in [2.05, 4.69) is 16.9 Å². The molecule has 0 radical (unpaired) electrons. The lowest BCUT2D eigenvalue weighted by Crippen LogP contribution is -1.90. The molecule has 0 aromatic carbocycles. The van der Waals surface area contributed by atoms with Crippen LogP contribution in [0, 0.1) is 13.8 Å². The smallest absolute Gasteiger partial charge is 0.0829 e. The summed E-state index contributed by atoms with van der Waals surface area (Å²) < 4.78 is 1.65. The van der Waals surface area contributed by atoms with Crippen molar-refractivity contribution in [3.8, 4) is 0 Å². The predicted octanol–water partition coefficient (Wildman–Crippen LogP) is 2.02. The monoisotopic (exact) mass is 153 g/mol. The molecule has 3 nitrogen and oxygen atoms in total. The van der Waals surface area contributed by atoms with Crippen LogP contribution >= 0.6 is 0 Å². The van der Waals surface area contributed by atoms with E-state index in [1.54, 1.807) is 10.9 Å². The van der Waals surface area contributed by atoms with Crippen LogP contribution in [0.2, 0.25) is 0 Å². The van der Waals surface area contributed by atoms with Crippen LogP contribution in [0.5, 0.6) is 0 Å². The molecule has 0 saturated heterocycles. The summed E-state index contributed by atoms with van der Waals surface area (Å²) >= 11 is 0. The minimum atomic E-state index is 0.954. The van der Waals surface area contributed by atoms with E-state index >= 15 is 0 Å². The van der Waals surface area contributed by atoms with Crippen LogP contribution in [-0.4, -0.2) is 15.0 Å². The molecule has 0 aliphatic rings. The lowest BCUT2D eigenvalue weighted by atomic mass is 10.4. The molecule has 0 atom stereocenters. The van der Waals surface area contributed by atoms with Gasteiger partial charge >= 0.3 is 0 Å². The van der Waals surface area contributed by atoms with Gasteiger partial charge in [0.2, 0.25) is 0 Å². The average molecular weight is 153 g/mol. The second-order valence-corrected chi connectivity index (χ2v) is 1.89. The van der Waals surface area contributed by atoms with Gasteiger partial charge in [-0.3, -0.25) is 0 Å². The van der Waals surface area contributed by atoms with Crippen molar-refractivity contribution in [1.82, 2.24) is 15.0 Å². The van der Waals surface area contributed by atoms with Crippen molar-refractivity contribution in [3.63, 3.8) is 0 Å². The van der Waals surface area contributed by atoms with E-state index in [0.29, 0.717) is 0 Å². The fourth-order valence-corrected chi connectivity index (χ4v) is 0.594. The van der Waals surface area contributed by atoms with Crippen LogP contribution in [0.4, 0.5) is 0 Å². The summed E-state index contributed by atoms with van der Waals surface area (Å²) in [5.74, 6) is 0. The van der Waals surface area contributed by atoms with E-state index in [4.69, 9.17) is 0 Å². The minimum Gasteiger partial charge on any atom is -0.225 e.